The number of nitrogens with zero attached hydrogens (tertiary/aromatic N) is 4. The second-order valence-electron chi connectivity index (χ2n) is 5.89. The lowest BCUT2D eigenvalue weighted by Crippen LogP contribution is -2.25. The first-order valence-electron chi connectivity index (χ1n) is 7.87. The number of hydrogen-bond donors (Lipinski definition) is 1. The summed E-state index contributed by atoms with van der Waals surface area (Å²) in [4.78, 5) is 12.3. The van der Waals surface area contributed by atoms with E-state index in [1.54, 1.807) is 42.2 Å². The summed E-state index contributed by atoms with van der Waals surface area (Å²) >= 11 is 12.0. The van der Waals surface area contributed by atoms with Gasteiger partial charge in [0.2, 0.25) is 5.91 Å². The molecule has 0 spiro atoms. The van der Waals surface area contributed by atoms with Crippen molar-refractivity contribution in [3.8, 4) is 0 Å². The molecule has 9 heteroatoms. The Labute approximate surface area is 159 Å². The molecule has 26 heavy (non-hydrogen) atoms. The van der Waals surface area contributed by atoms with Crippen LogP contribution in [0, 0.1) is 11.7 Å². The Morgan fingerprint density at radius 1 is 1.27 bits per heavy atom. The minimum atomic E-state index is -0.376. The maximum atomic E-state index is 13.7. The normalized spacial score (nSPS) is 12.2. The molecule has 0 saturated heterocycles. The molecule has 1 atom stereocenters. The second kappa shape index (κ2) is 7.88. The number of benzene rings is 1. The third-order valence-electron chi connectivity index (χ3n) is 3.76. The predicted molar refractivity (Wildman–Crippen MR) is 97.8 cm³/mol. The van der Waals surface area contributed by atoms with Crippen LogP contribution in [0.5, 0.6) is 0 Å². The number of carbonyl (C=O) groups excluding carboxylic acids is 1. The largest absolute Gasteiger partial charge is 0.308 e. The van der Waals surface area contributed by atoms with Crippen molar-refractivity contribution in [1.82, 2.24) is 19.6 Å². The SMILES string of the molecule is CC(Cn1cc(Cl)cn1)C(=O)Nc1nn(Cc2ccccc2F)cc1Cl. The zero-order valence-electron chi connectivity index (χ0n) is 13.9. The lowest BCUT2D eigenvalue weighted by molar-refractivity contribution is -0.119. The summed E-state index contributed by atoms with van der Waals surface area (Å²) in [6, 6.07) is 6.41. The van der Waals surface area contributed by atoms with Gasteiger partial charge in [0.25, 0.3) is 0 Å². The minimum Gasteiger partial charge on any atom is -0.308 e. The number of anilines is 1. The number of amides is 1. The number of hydrogen-bond acceptors (Lipinski definition) is 3. The van der Waals surface area contributed by atoms with Crippen molar-refractivity contribution in [2.75, 3.05) is 5.32 Å². The molecule has 2 aromatic heterocycles. The summed E-state index contributed by atoms with van der Waals surface area (Å²) in [5.41, 5.74) is 0.480. The minimum absolute atomic E-state index is 0.212. The van der Waals surface area contributed by atoms with Gasteiger partial charge in [-0.2, -0.15) is 10.2 Å². The fourth-order valence-corrected chi connectivity index (χ4v) is 2.76. The van der Waals surface area contributed by atoms with Gasteiger partial charge in [0.1, 0.15) is 10.8 Å². The van der Waals surface area contributed by atoms with Crippen molar-refractivity contribution in [3.05, 3.63) is 64.3 Å². The van der Waals surface area contributed by atoms with Crippen LogP contribution >= 0.6 is 23.2 Å². The molecule has 0 aliphatic carbocycles. The van der Waals surface area contributed by atoms with E-state index in [-0.39, 0.29) is 35.0 Å². The molecular formula is C17H16Cl2FN5O. The predicted octanol–water partition coefficient (Wildman–Crippen LogP) is 3.85. The fraction of sp³-hybridized carbons (Fsp3) is 0.235. The van der Waals surface area contributed by atoms with Crippen LogP contribution in [0.1, 0.15) is 12.5 Å². The monoisotopic (exact) mass is 395 g/mol. The average Bonchev–Trinajstić information content (AvgIpc) is 3.15. The number of aromatic nitrogens is 4. The summed E-state index contributed by atoms with van der Waals surface area (Å²) in [6.07, 6.45) is 4.69. The van der Waals surface area contributed by atoms with E-state index in [9.17, 15) is 9.18 Å². The molecule has 0 saturated carbocycles. The Balaban J connectivity index is 1.65. The molecule has 6 nitrogen and oxygen atoms in total. The third-order valence-corrected chi connectivity index (χ3v) is 4.23. The highest BCUT2D eigenvalue weighted by molar-refractivity contribution is 6.33. The fourth-order valence-electron chi connectivity index (χ4n) is 2.41. The average molecular weight is 396 g/mol. The lowest BCUT2D eigenvalue weighted by Gasteiger charge is -2.11. The Kier molecular flexibility index (Phi) is 5.58. The molecule has 0 radical (unpaired) electrons. The molecule has 0 aliphatic rings. The molecule has 136 valence electrons. The molecule has 0 aliphatic heterocycles. The van der Waals surface area contributed by atoms with E-state index in [4.69, 9.17) is 23.2 Å². The van der Waals surface area contributed by atoms with Gasteiger partial charge < -0.3 is 5.32 Å². The van der Waals surface area contributed by atoms with E-state index in [1.165, 1.54) is 16.9 Å². The van der Waals surface area contributed by atoms with Crippen LogP contribution in [0.25, 0.3) is 0 Å². The van der Waals surface area contributed by atoms with E-state index in [2.05, 4.69) is 15.5 Å². The van der Waals surface area contributed by atoms with E-state index >= 15 is 0 Å². The standard InChI is InChI=1S/C17H16Cl2FN5O/c1-11(7-24-9-13(18)6-21-24)17(26)22-16-14(19)10-25(23-16)8-12-4-2-3-5-15(12)20/h2-6,9-11H,7-8H2,1H3,(H,22,23,26). The van der Waals surface area contributed by atoms with Gasteiger partial charge in [-0.3, -0.25) is 14.2 Å². The summed E-state index contributed by atoms with van der Waals surface area (Å²) in [5.74, 6) is -0.719. The van der Waals surface area contributed by atoms with Crippen LogP contribution in [-0.4, -0.2) is 25.5 Å². The van der Waals surface area contributed by atoms with Crippen molar-refractivity contribution >= 4 is 34.9 Å². The Hall–Kier alpha value is -2.38. The van der Waals surface area contributed by atoms with Crippen LogP contribution in [0.3, 0.4) is 0 Å². The number of nitrogens with one attached hydrogen (secondary N) is 1. The molecule has 0 bridgehead atoms. The van der Waals surface area contributed by atoms with Crippen LogP contribution in [0.15, 0.2) is 42.9 Å². The lowest BCUT2D eigenvalue weighted by atomic mass is 10.1. The quantitative estimate of drug-likeness (QED) is 0.689. The molecule has 0 fully saturated rings. The first-order chi connectivity index (χ1) is 12.4. The van der Waals surface area contributed by atoms with Gasteiger partial charge in [0.15, 0.2) is 5.82 Å². The molecule has 1 N–H and O–H groups in total. The van der Waals surface area contributed by atoms with Crippen LogP contribution in [0.2, 0.25) is 10.0 Å². The van der Waals surface area contributed by atoms with E-state index in [0.29, 0.717) is 17.1 Å². The number of carbonyl (C=O) groups is 1. The summed E-state index contributed by atoms with van der Waals surface area (Å²) in [5, 5.41) is 11.7. The van der Waals surface area contributed by atoms with E-state index in [1.807, 2.05) is 0 Å². The first-order valence-corrected chi connectivity index (χ1v) is 8.63. The highest BCUT2D eigenvalue weighted by Crippen LogP contribution is 2.21. The molecule has 1 unspecified atom stereocenters. The van der Waals surface area contributed by atoms with Crippen molar-refractivity contribution in [3.63, 3.8) is 0 Å². The van der Waals surface area contributed by atoms with Crippen molar-refractivity contribution < 1.29 is 9.18 Å². The molecular weight excluding hydrogens is 380 g/mol. The summed E-state index contributed by atoms with van der Waals surface area (Å²) in [7, 11) is 0. The summed E-state index contributed by atoms with van der Waals surface area (Å²) in [6.45, 7) is 2.34. The zero-order chi connectivity index (χ0) is 18.7. The van der Waals surface area contributed by atoms with Gasteiger partial charge in [-0.1, -0.05) is 48.3 Å². The summed E-state index contributed by atoms with van der Waals surface area (Å²) < 4.78 is 16.8. The Bertz CT molecular complexity index is 924. The van der Waals surface area contributed by atoms with Crippen molar-refractivity contribution in [1.29, 1.82) is 0 Å². The van der Waals surface area contributed by atoms with Gasteiger partial charge in [0, 0.05) is 18.0 Å². The smallest absolute Gasteiger partial charge is 0.230 e. The Morgan fingerprint density at radius 2 is 2.04 bits per heavy atom. The van der Waals surface area contributed by atoms with Crippen LogP contribution < -0.4 is 5.32 Å². The Morgan fingerprint density at radius 3 is 2.73 bits per heavy atom. The van der Waals surface area contributed by atoms with E-state index in [0.717, 1.165) is 0 Å². The van der Waals surface area contributed by atoms with Gasteiger partial charge in [-0.05, 0) is 6.07 Å². The molecule has 3 rings (SSSR count). The molecule has 2 heterocycles. The van der Waals surface area contributed by atoms with Gasteiger partial charge >= 0.3 is 0 Å². The van der Waals surface area contributed by atoms with Gasteiger partial charge in [-0.15, -0.1) is 0 Å². The van der Waals surface area contributed by atoms with E-state index < -0.39 is 0 Å². The third kappa shape index (κ3) is 4.42. The number of halogens is 3. The topological polar surface area (TPSA) is 64.7 Å². The molecule has 1 aromatic carbocycles. The highest BCUT2D eigenvalue weighted by atomic mass is 35.5. The maximum absolute atomic E-state index is 13.7. The molecule has 1 amide bonds. The highest BCUT2D eigenvalue weighted by Gasteiger charge is 2.18. The second-order valence-corrected chi connectivity index (χ2v) is 6.73. The van der Waals surface area contributed by atoms with Crippen LogP contribution in [-0.2, 0) is 17.9 Å². The number of rotatable bonds is 6. The van der Waals surface area contributed by atoms with Crippen LogP contribution in [0.4, 0.5) is 10.2 Å². The first kappa shape index (κ1) is 18.4. The maximum Gasteiger partial charge on any atom is 0.230 e. The van der Waals surface area contributed by atoms with Crippen molar-refractivity contribution in [2.45, 2.75) is 20.0 Å². The van der Waals surface area contributed by atoms with Gasteiger partial charge in [0.05, 0.1) is 30.2 Å². The molecule has 3 aromatic rings. The zero-order valence-corrected chi connectivity index (χ0v) is 15.4. The van der Waals surface area contributed by atoms with Gasteiger partial charge in [-0.25, -0.2) is 4.39 Å². The van der Waals surface area contributed by atoms with Crippen molar-refractivity contribution in [2.24, 2.45) is 5.92 Å².